The summed E-state index contributed by atoms with van der Waals surface area (Å²) in [6.45, 7) is 10.7. The fourth-order valence-electron chi connectivity index (χ4n) is 1.50. The molecule has 0 saturated carbocycles. The average Bonchev–Trinajstić information content (AvgIpc) is 2.36. The molecule has 3 N–H and O–H groups in total. The number of nitrogens with one attached hydrogen (secondary N) is 2. The summed E-state index contributed by atoms with van der Waals surface area (Å²) < 4.78 is 15.3. The third-order valence-corrected chi connectivity index (χ3v) is 2.41. The maximum absolute atomic E-state index is 11.6. The van der Waals surface area contributed by atoms with Gasteiger partial charge in [-0.3, -0.25) is 0 Å². The molecule has 0 saturated heterocycles. The molecule has 0 unspecified atom stereocenters. The SMILES string of the molecule is CC(C)(C)OC(=O)NCCCOC[C@H](NC(=O)OC(C)(C)C)C(=O)O. The second-order valence-electron chi connectivity index (χ2n) is 7.39. The molecular formula is C16H30N2O7. The third kappa shape index (κ3) is 14.1. The molecule has 0 aliphatic carbocycles. The number of rotatable bonds is 8. The van der Waals surface area contributed by atoms with E-state index in [9.17, 15) is 14.4 Å². The molecule has 0 heterocycles. The molecule has 0 aromatic carbocycles. The van der Waals surface area contributed by atoms with Crippen molar-refractivity contribution in [3.05, 3.63) is 0 Å². The largest absolute Gasteiger partial charge is 0.480 e. The zero-order valence-corrected chi connectivity index (χ0v) is 15.8. The van der Waals surface area contributed by atoms with Gasteiger partial charge in [0.05, 0.1) is 6.61 Å². The number of hydrogen-bond donors (Lipinski definition) is 3. The molecule has 0 rings (SSSR count). The monoisotopic (exact) mass is 362 g/mol. The summed E-state index contributed by atoms with van der Waals surface area (Å²) in [5, 5.41) is 13.9. The van der Waals surface area contributed by atoms with Crippen LogP contribution in [0.15, 0.2) is 0 Å². The highest BCUT2D eigenvalue weighted by atomic mass is 16.6. The van der Waals surface area contributed by atoms with E-state index in [0.717, 1.165) is 0 Å². The van der Waals surface area contributed by atoms with Crippen LogP contribution in [0.4, 0.5) is 9.59 Å². The number of alkyl carbamates (subject to hydrolysis) is 2. The Morgan fingerprint density at radius 3 is 1.96 bits per heavy atom. The van der Waals surface area contributed by atoms with E-state index in [2.05, 4.69) is 10.6 Å². The van der Waals surface area contributed by atoms with Crippen molar-refractivity contribution in [1.29, 1.82) is 0 Å². The molecule has 0 aromatic heterocycles. The van der Waals surface area contributed by atoms with Gasteiger partial charge in [0.25, 0.3) is 0 Å². The molecule has 146 valence electrons. The maximum Gasteiger partial charge on any atom is 0.408 e. The molecule has 0 fully saturated rings. The third-order valence-electron chi connectivity index (χ3n) is 2.41. The summed E-state index contributed by atoms with van der Waals surface area (Å²) in [6.07, 6.45) is -0.879. The molecule has 9 nitrogen and oxygen atoms in total. The van der Waals surface area contributed by atoms with Crippen molar-refractivity contribution >= 4 is 18.2 Å². The Labute approximate surface area is 148 Å². The quantitative estimate of drug-likeness (QED) is 0.563. The summed E-state index contributed by atoms with van der Waals surface area (Å²) in [7, 11) is 0. The molecule has 0 spiro atoms. The van der Waals surface area contributed by atoms with Crippen molar-refractivity contribution in [1.82, 2.24) is 10.6 Å². The van der Waals surface area contributed by atoms with E-state index < -0.39 is 35.4 Å². The highest BCUT2D eigenvalue weighted by molar-refractivity contribution is 5.80. The summed E-state index contributed by atoms with van der Waals surface area (Å²) in [4.78, 5) is 34.1. The summed E-state index contributed by atoms with van der Waals surface area (Å²) >= 11 is 0. The van der Waals surface area contributed by atoms with Crippen LogP contribution >= 0.6 is 0 Å². The van der Waals surface area contributed by atoms with Gasteiger partial charge in [0.15, 0.2) is 6.04 Å². The standard InChI is InChI=1S/C16H30N2O7/c1-15(2,3)24-13(21)17-8-7-9-23-10-11(12(19)20)18-14(22)25-16(4,5)6/h11H,7-10H2,1-6H3,(H,17,21)(H,18,22)(H,19,20)/t11-/m0/s1. The first kappa shape index (κ1) is 23.0. The lowest BCUT2D eigenvalue weighted by molar-refractivity contribution is -0.141. The summed E-state index contributed by atoms with van der Waals surface area (Å²) in [5.41, 5.74) is -1.29. The van der Waals surface area contributed by atoms with Gasteiger partial charge in [0.2, 0.25) is 0 Å². The lowest BCUT2D eigenvalue weighted by atomic mass is 10.2. The smallest absolute Gasteiger partial charge is 0.408 e. The van der Waals surface area contributed by atoms with Gasteiger partial charge in [-0.25, -0.2) is 14.4 Å². The number of hydrogen-bond acceptors (Lipinski definition) is 6. The van der Waals surface area contributed by atoms with E-state index in [1.807, 2.05) is 0 Å². The Hall–Kier alpha value is -2.03. The van der Waals surface area contributed by atoms with E-state index >= 15 is 0 Å². The topological polar surface area (TPSA) is 123 Å². The molecule has 0 aliphatic rings. The first-order valence-electron chi connectivity index (χ1n) is 8.07. The van der Waals surface area contributed by atoms with Gasteiger partial charge in [-0.15, -0.1) is 0 Å². The fourth-order valence-corrected chi connectivity index (χ4v) is 1.50. The number of amides is 2. The molecule has 0 radical (unpaired) electrons. The van der Waals surface area contributed by atoms with Gasteiger partial charge in [0.1, 0.15) is 11.2 Å². The number of aliphatic carboxylic acids is 1. The van der Waals surface area contributed by atoms with Crippen molar-refractivity contribution in [3.8, 4) is 0 Å². The van der Waals surface area contributed by atoms with Gasteiger partial charge in [-0.05, 0) is 48.0 Å². The van der Waals surface area contributed by atoms with Crippen LogP contribution in [0.5, 0.6) is 0 Å². The first-order chi connectivity index (χ1) is 11.3. The minimum Gasteiger partial charge on any atom is -0.480 e. The van der Waals surface area contributed by atoms with Crippen LogP contribution < -0.4 is 10.6 Å². The second-order valence-corrected chi connectivity index (χ2v) is 7.39. The van der Waals surface area contributed by atoms with Crippen molar-refractivity contribution < 1.29 is 33.7 Å². The minimum absolute atomic E-state index is 0.207. The predicted octanol–water partition coefficient (Wildman–Crippen LogP) is 1.90. The summed E-state index contributed by atoms with van der Waals surface area (Å²) in [6, 6.07) is -1.21. The highest BCUT2D eigenvalue weighted by Gasteiger charge is 2.24. The second kappa shape index (κ2) is 10.1. The van der Waals surface area contributed by atoms with E-state index in [4.69, 9.17) is 19.3 Å². The van der Waals surface area contributed by atoms with E-state index in [0.29, 0.717) is 13.0 Å². The first-order valence-corrected chi connectivity index (χ1v) is 8.07. The normalized spacial score (nSPS) is 12.9. The van der Waals surface area contributed by atoms with Crippen molar-refractivity contribution in [2.24, 2.45) is 0 Å². The summed E-state index contributed by atoms with van der Waals surface area (Å²) in [5.74, 6) is -1.22. The van der Waals surface area contributed by atoms with Crippen LogP contribution in [0, 0.1) is 0 Å². The van der Waals surface area contributed by atoms with Crippen LogP contribution in [0.1, 0.15) is 48.0 Å². The van der Waals surface area contributed by atoms with Crippen molar-refractivity contribution in [2.45, 2.75) is 65.2 Å². The number of carbonyl (C=O) groups excluding carboxylic acids is 2. The van der Waals surface area contributed by atoms with Gasteiger partial charge in [0, 0.05) is 13.2 Å². The molecular weight excluding hydrogens is 332 g/mol. The van der Waals surface area contributed by atoms with E-state index in [1.54, 1.807) is 41.5 Å². The van der Waals surface area contributed by atoms with E-state index in [-0.39, 0.29) is 13.2 Å². The number of ether oxygens (including phenoxy) is 3. The van der Waals surface area contributed by atoms with Crippen LogP contribution in [0.2, 0.25) is 0 Å². The van der Waals surface area contributed by atoms with Crippen LogP contribution in [-0.4, -0.2) is 60.3 Å². The van der Waals surface area contributed by atoms with Crippen molar-refractivity contribution in [3.63, 3.8) is 0 Å². The fraction of sp³-hybridized carbons (Fsp3) is 0.812. The zero-order chi connectivity index (χ0) is 19.7. The molecule has 25 heavy (non-hydrogen) atoms. The van der Waals surface area contributed by atoms with E-state index in [1.165, 1.54) is 0 Å². The molecule has 0 aliphatic heterocycles. The number of carboxylic acids is 1. The van der Waals surface area contributed by atoms with Gasteiger partial charge < -0.3 is 30.0 Å². The Morgan fingerprint density at radius 1 is 0.960 bits per heavy atom. The van der Waals surface area contributed by atoms with Crippen molar-refractivity contribution in [2.75, 3.05) is 19.8 Å². The maximum atomic E-state index is 11.6. The van der Waals surface area contributed by atoms with Gasteiger partial charge in [-0.1, -0.05) is 0 Å². The zero-order valence-electron chi connectivity index (χ0n) is 15.8. The number of carbonyl (C=O) groups is 3. The Kier molecular flexibility index (Phi) is 9.25. The van der Waals surface area contributed by atoms with Gasteiger partial charge in [-0.2, -0.15) is 0 Å². The van der Waals surface area contributed by atoms with Crippen LogP contribution in [0.25, 0.3) is 0 Å². The van der Waals surface area contributed by atoms with Crippen LogP contribution in [-0.2, 0) is 19.0 Å². The Morgan fingerprint density at radius 2 is 1.48 bits per heavy atom. The predicted molar refractivity (Wildman–Crippen MR) is 90.5 cm³/mol. The highest BCUT2D eigenvalue weighted by Crippen LogP contribution is 2.07. The van der Waals surface area contributed by atoms with Crippen LogP contribution in [0.3, 0.4) is 0 Å². The molecule has 2 amide bonds. The Bertz CT molecular complexity index is 452. The lowest BCUT2D eigenvalue weighted by Gasteiger charge is -2.22. The molecule has 1 atom stereocenters. The lowest BCUT2D eigenvalue weighted by Crippen LogP contribution is -2.46. The number of carboxylic acid groups (broad SMARTS) is 1. The van der Waals surface area contributed by atoms with Gasteiger partial charge >= 0.3 is 18.2 Å². The molecule has 9 heteroatoms. The Balaban J connectivity index is 4.00. The molecule has 0 aromatic rings. The molecule has 0 bridgehead atoms. The average molecular weight is 362 g/mol. The minimum atomic E-state index is -1.22.